The van der Waals surface area contributed by atoms with Gasteiger partial charge in [-0.3, -0.25) is 0 Å². The number of ether oxygens (including phenoxy) is 1. The largest absolute Gasteiger partial charge is 0.357 e. The van der Waals surface area contributed by atoms with Crippen LogP contribution in [-0.4, -0.2) is 31.1 Å². The van der Waals surface area contributed by atoms with Gasteiger partial charge in [0.15, 0.2) is 9.84 Å². The molecule has 1 aliphatic carbocycles. The van der Waals surface area contributed by atoms with Crippen LogP contribution >= 0.6 is 0 Å². The first kappa shape index (κ1) is 16.8. The van der Waals surface area contributed by atoms with Crippen molar-refractivity contribution >= 4 is 9.84 Å². The monoisotopic (exact) mass is 360 g/mol. The fraction of sp³-hybridized carbons (Fsp3) is 0.526. The fourth-order valence-electron chi connectivity index (χ4n) is 3.60. The highest BCUT2D eigenvalue weighted by Crippen LogP contribution is 2.44. The minimum Gasteiger partial charge on any atom is -0.357 e. The summed E-state index contributed by atoms with van der Waals surface area (Å²) in [6.45, 7) is 2.64. The van der Waals surface area contributed by atoms with Crippen LogP contribution in [0.4, 0.5) is 0 Å². The van der Waals surface area contributed by atoms with Crippen molar-refractivity contribution in [1.82, 2.24) is 9.78 Å². The highest BCUT2D eigenvalue weighted by Gasteiger charge is 2.31. The van der Waals surface area contributed by atoms with E-state index in [1.54, 1.807) is 6.07 Å². The molecule has 2 heterocycles. The second-order valence-electron chi connectivity index (χ2n) is 7.26. The molecule has 6 heteroatoms. The molecule has 134 valence electrons. The zero-order valence-electron chi connectivity index (χ0n) is 14.7. The van der Waals surface area contributed by atoms with Crippen LogP contribution < -0.4 is 0 Å². The van der Waals surface area contributed by atoms with E-state index in [1.165, 1.54) is 25.5 Å². The van der Waals surface area contributed by atoms with E-state index in [-0.39, 0.29) is 6.23 Å². The van der Waals surface area contributed by atoms with E-state index >= 15 is 0 Å². The number of rotatable bonds is 4. The lowest BCUT2D eigenvalue weighted by atomic mass is 10.0. The lowest BCUT2D eigenvalue weighted by molar-refractivity contribution is -0.0396. The Bertz CT molecular complexity index is 891. The topological polar surface area (TPSA) is 61.2 Å². The van der Waals surface area contributed by atoms with E-state index in [0.29, 0.717) is 10.8 Å². The molecule has 2 fully saturated rings. The number of aromatic nitrogens is 2. The van der Waals surface area contributed by atoms with Gasteiger partial charge in [0.05, 0.1) is 10.6 Å². The lowest BCUT2D eigenvalue weighted by Crippen LogP contribution is -2.18. The van der Waals surface area contributed by atoms with Crippen LogP contribution in [0.2, 0.25) is 0 Å². The molecule has 1 aromatic heterocycles. The molecule has 1 unspecified atom stereocenters. The smallest absolute Gasteiger partial charge is 0.175 e. The van der Waals surface area contributed by atoms with Crippen molar-refractivity contribution in [3.05, 3.63) is 35.7 Å². The van der Waals surface area contributed by atoms with Crippen LogP contribution in [0.25, 0.3) is 11.1 Å². The molecule has 2 aromatic rings. The Hall–Kier alpha value is -1.66. The summed E-state index contributed by atoms with van der Waals surface area (Å²) in [6.07, 6.45) is 8.99. The highest BCUT2D eigenvalue weighted by atomic mass is 32.2. The van der Waals surface area contributed by atoms with E-state index in [0.717, 1.165) is 41.8 Å². The van der Waals surface area contributed by atoms with E-state index in [2.05, 4.69) is 6.20 Å². The van der Waals surface area contributed by atoms with E-state index < -0.39 is 9.84 Å². The van der Waals surface area contributed by atoms with Gasteiger partial charge in [0, 0.05) is 30.5 Å². The molecule has 1 saturated carbocycles. The molecule has 0 bridgehead atoms. The molecule has 0 amide bonds. The van der Waals surface area contributed by atoms with Gasteiger partial charge in [0.1, 0.15) is 6.23 Å². The number of hydrogen-bond donors (Lipinski definition) is 0. The van der Waals surface area contributed by atoms with Gasteiger partial charge in [-0.15, -0.1) is 0 Å². The molecule has 4 rings (SSSR count). The van der Waals surface area contributed by atoms with E-state index in [9.17, 15) is 8.42 Å². The predicted molar refractivity (Wildman–Crippen MR) is 96.3 cm³/mol. The van der Waals surface area contributed by atoms with Crippen molar-refractivity contribution in [3.8, 4) is 11.1 Å². The Morgan fingerprint density at radius 2 is 2.00 bits per heavy atom. The summed E-state index contributed by atoms with van der Waals surface area (Å²) < 4.78 is 31.6. The van der Waals surface area contributed by atoms with Crippen LogP contribution in [0.1, 0.15) is 55.5 Å². The number of aryl methyl sites for hydroxylation is 1. The average Bonchev–Trinajstić information content (AvgIpc) is 3.33. The first-order valence-electron chi connectivity index (χ1n) is 8.95. The van der Waals surface area contributed by atoms with Gasteiger partial charge < -0.3 is 4.74 Å². The molecule has 25 heavy (non-hydrogen) atoms. The van der Waals surface area contributed by atoms with Crippen LogP contribution in [0.5, 0.6) is 0 Å². The van der Waals surface area contributed by atoms with Gasteiger partial charge in [-0.2, -0.15) is 5.10 Å². The molecule has 0 spiro atoms. The second-order valence-corrected chi connectivity index (χ2v) is 9.24. The fourth-order valence-corrected chi connectivity index (χ4v) is 4.56. The maximum Gasteiger partial charge on any atom is 0.175 e. The SMILES string of the molecule is Cc1cc(-c2cn(C3CCCCO3)nc2C2CC2)ccc1S(C)(=O)=O. The average molecular weight is 360 g/mol. The van der Waals surface area contributed by atoms with Crippen molar-refractivity contribution in [2.24, 2.45) is 0 Å². The summed E-state index contributed by atoms with van der Waals surface area (Å²) in [6, 6.07) is 5.58. The molecule has 2 aliphatic rings. The molecule has 1 aliphatic heterocycles. The van der Waals surface area contributed by atoms with Gasteiger partial charge in [-0.25, -0.2) is 13.1 Å². The molecular formula is C19H24N2O3S. The Morgan fingerprint density at radius 3 is 2.60 bits per heavy atom. The molecule has 1 aromatic carbocycles. The van der Waals surface area contributed by atoms with Gasteiger partial charge in [0.2, 0.25) is 0 Å². The number of sulfone groups is 1. The summed E-state index contributed by atoms with van der Waals surface area (Å²) in [7, 11) is -3.20. The summed E-state index contributed by atoms with van der Waals surface area (Å²) in [5.74, 6) is 0.523. The lowest BCUT2D eigenvalue weighted by Gasteiger charge is -2.22. The van der Waals surface area contributed by atoms with Crippen LogP contribution in [0.3, 0.4) is 0 Å². The van der Waals surface area contributed by atoms with Gasteiger partial charge >= 0.3 is 0 Å². The molecule has 1 atom stereocenters. The first-order chi connectivity index (χ1) is 11.9. The molecule has 1 saturated heterocycles. The Balaban J connectivity index is 1.74. The van der Waals surface area contributed by atoms with E-state index in [1.807, 2.05) is 23.7 Å². The van der Waals surface area contributed by atoms with Crippen molar-refractivity contribution in [2.75, 3.05) is 12.9 Å². The number of benzene rings is 1. The minimum atomic E-state index is -3.20. The Labute approximate surface area is 148 Å². The standard InChI is InChI=1S/C19H24N2O3S/c1-13-11-15(8-9-17(13)25(2,22)23)16-12-21(18-5-3-4-10-24-18)20-19(16)14-6-7-14/h8-9,11-12,14,18H,3-7,10H2,1-2H3. The summed E-state index contributed by atoms with van der Waals surface area (Å²) >= 11 is 0. The zero-order valence-corrected chi connectivity index (χ0v) is 15.6. The molecule has 0 N–H and O–H groups in total. The summed E-state index contributed by atoms with van der Waals surface area (Å²) in [5.41, 5.74) is 4.05. The van der Waals surface area contributed by atoms with Crippen LogP contribution in [0, 0.1) is 6.92 Å². The quantitative estimate of drug-likeness (QED) is 0.831. The number of nitrogens with zero attached hydrogens (tertiary/aromatic N) is 2. The first-order valence-corrected chi connectivity index (χ1v) is 10.8. The molecule has 0 radical (unpaired) electrons. The summed E-state index contributed by atoms with van der Waals surface area (Å²) in [4.78, 5) is 0.396. The van der Waals surface area contributed by atoms with E-state index in [4.69, 9.17) is 9.84 Å². The maximum atomic E-state index is 11.9. The third kappa shape index (κ3) is 3.37. The molecule has 5 nitrogen and oxygen atoms in total. The third-order valence-corrected chi connectivity index (χ3v) is 6.32. The Morgan fingerprint density at radius 1 is 1.20 bits per heavy atom. The second kappa shape index (κ2) is 6.25. The maximum absolute atomic E-state index is 11.9. The summed E-state index contributed by atoms with van der Waals surface area (Å²) in [5, 5.41) is 4.85. The normalized spacial score (nSPS) is 21.4. The van der Waals surface area contributed by atoms with Crippen molar-refractivity contribution < 1.29 is 13.2 Å². The third-order valence-electron chi connectivity index (χ3n) is 5.06. The van der Waals surface area contributed by atoms with Crippen molar-refractivity contribution in [2.45, 2.75) is 56.1 Å². The van der Waals surface area contributed by atoms with Gasteiger partial charge in [0.25, 0.3) is 0 Å². The van der Waals surface area contributed by atoms with Crippen molar-refractivity contribution in [1.29, 1.82) is 0 Å². The molecular weight excluding hydrogens is 336 g/mol. The minimum absolute atomic E-state index is 0.0244. The highest BCUT2D eigenvalue weighted by molar-refractivity contribution is 7.90. The predicted octanol–water partition coefficient (Wildman–Crippen LogP) is 3.84. The van der Waals surface area contributed by atoms with Crippen LogP contribution in [0.15, 0.2) is 29.3 Å². The zero-order chi connectivity index (χ0) is 17.6. The van der Waals surface area contributed by atoms with Crippen LogP contribution in [-0.2, 0) is 14.6 Å². The van der Waals surface area contributed by atoms with Gasteiger partial charge in [-0.05, 0) is 56.2 Å². The van der Waals surface area contributed by atoms with Gasteiger partial charge in [-0.1, -0.05) is 12.1 Å². The van der Waals surface area contributed by atoms with Crippen molar-refractivity contribution in [3.63, 3.8) is 0 Å². The Kier molecular flexibility index (Phi) is 4.20. The number of hydrogen-bond acceptors (Lipinski definition) is 4.